The first-order valence-corrected chi connectivity index (χ1v) is 9.28. The molecule has 0 atom stereocenters. The van der Waals surface area contributed by atoms with Crippen LogP contribution in [0.15, 0.2) is 41.3 Å². The Balaban J connectivity index is 0.00000192. The van der Waals surface area contributed by atoms with E-state index in [9.17, 15) is 8.42 Å². The van der Waals surface area contributed by atoms with E-state index < -0.39 is 10.0 Å². The van der Waals surface area contributed by atoms with Crippen molar-refractivity contribution in [2.75, 3.05) is 0 Å². The molecule has 0 spiro atoms. The van der Waals surface area contributed by atoms with Crippen LogP contribution in [0, 0.1) is 0 Å². The second kappa shape index (κ2) is 7.36. The molecule has 1 saturated carbocycles. The number of hydrogen-bond donors (Lipinski definition) is 2. The van der Waals surface area contributed by atoms with Gasteiger partial charge in [-0.15, -0.1) is 12.4 Å². The van der Waals surface area contributed by atoms with Crippen molar-refractivity contribution in [3.63, 3.8) is 0 Å². The fourth-order valence-corrected chi connectivity index (χ4v) is 4.73. The standard InChI is InChI=1S/C16H19ClN2O2S.ClH/c17-15-9-10-16(14-4-2-1-3-13(14)15)22(20,21)19-12-7-5-11(18)6-8-12;/h1-4,9-12,19H,5-8,18H2;1H. The van der Waals surface area contributed by atoms with E-state index in [1.54, 1.807) is 18.2 Å². The van der Waals surface area contributed by atoms with E-state index in [0.717, 1.165) is 31.1 Å². The van der Waals surface area contributed by atoms with Crippen molar-refractivity contribution in [2.45, 2.75) is 42.7 Å². The lowest BCUT2D eigenvalue weighted by molar-refractivity contribution is 0.373. The highest BCUT2D eigenvalue weighted by molar-refractivity contribution is 7.89. The van der Waals surface area contributed by atoms with Gasteiger partial charge in [-0.1, -0.05) is 35.9 Å². The Hall–Kier alpha value is -0.850. The van der Waals surface area contributed by atoms with Gasteiger partial charge in [-0.05, 0) is 37.8 Å². The number of sulfonamides is 1. The Kier molecular flexibility index (Phi) is 5.92. The summed E-state index contributed by atoms with van der Waals surface area (Å²) >= 11 is 6.16. The molecular formula is C16H20Cl2N2O2S. The van der Waals surface area contributed by atoms with Crippen molar-refractivity contribution in [3.8, 4) is 0 Å². The van der Waals surface area contributed by atoms with Crippen molar-refractivity contribution < 1.29 is 8.42 Å². The van der Waals surface area contributed by atoms with Crippen molar-refractivity contribution in [2.24, 2.45) is 5.73 Å². The molecule has 0 bridgehead atoms. The molecular weight excluding hydrogens is 355 g/mol. The van der Waals surface area contributed by atoms with Crippen LogP contribution in [0.2, 0.25) is 5.02 Å². The van der Waals surface area contributed by atoms with Gasteiger partial charge in [0.05, 0.1) is 4.90 Å². The van der Waals surface area contributed by atoms with E-state index in [4.69, 9.17) is 17.3 Å². The Labute approximate surface area is 147 Å². The number of benzene rings is 2. The number of rotatable bonds is 3. The molecule has 2 aromatic carbocycles. The van der Waals surface area contributed by atoms with Crippen molar-refractivity contribution in [1.82, 2.24) is 4.72 Å². The van der Waals surface area contributed by atoms with Gasteiger partial charge in [-0.25, -0.2) is 13.1 Å². The summed E-state index contributed by atoms with van der Waals surface area (Å²) in [6, 6.07) is 10.6. The van der Waals surface area contributed by atoms with Gasteiger partial charge < -0.3 is 5.73 Å². The van der Waals surface area contributed by atoms with E-state index in [1.807, 2.05) is 18.2 Å². The summed E-state index contributed by atoms with van der Waals surface area (Å²) in [5.74, 6) is 0. The molecule has 4 nitrogen and oxygen atoms in total. The molecule has 126 valence electrons. The number of halogens is 2. The summed E-state index contributed by atoms with van der Waals surface area (Å²) in [4.78, 5) is 0.280. The third-order valence-corrected chi connectivity index (χ3v) is 6.12. The van der Waals surface area contributed by atoms with E-state index in [-0.39, 0.29) is 29.4 Å². The minimum Gasteiger partial charge on any atom is -0.328 e. The van der Waals surface area contributed by atoms with Gasteiger partial charge in [0.2, 0.25) is 10.0 Å². The summed E-state index contributed by atoms with van der Waals surface area (Å²) in [5, 5.41) is 1.95. The molecule has 0 unspecified atom stereocenters. The van der Waals surface area contributed by atoms with Gasteiger partial charge in [0.1, 0.15) is 0 Å². The molecule has 3 rings (SSSR count). The number of nitrogens with one attached hydrogen (secondary N) is 1. The van der Waals surface area contributed by atoms with Gasteiger partial charge in [-0.3, -0.25) is 0 Å². The van der Waals surface area contributed by atoms with Crippen LogP contribution in [-0.2, 0) is 10.0 Å². The lowest BCUT2D eigenvalue weighted by Gasteiger charge is -2.26. The maximum absolute atomic E-state index is 12.7. The zero-order chi connectivity index (χ0) is 15.7. The van der Waals surface area contributed by atoms with Gasteiger partial charge in [0.25, 0.3) is 0 Å². The average molecular weight is 375 g/mol. The smallest absolute Gasteiger partial charge is 0.241 e. The third kappa shape index (κ3) is 3.98. The molecule has 1 aliphatic carbocycles. The molecule has 2 aromatic rings. The van der Waals surface area contributed by atoms with Crippen LogP contribution < -0.4 is 10.5 Å². The fourth-order valence-electron chi connectivity index (χ4n) is 2.99. The highest BCUT2D eigenvalue weighted by atomic mass is 35.5. The first-order valence-electron chi connectivity index (χ1n) is 7.42. The van der Waals surface area contributed by atoms with Gasteiger partial charge in [0, 0.05) is 27.9 Å². The highest BCUT2D eigenvalue weighted by Gasteiger charge is 2.25. The Bertz CT molecular complexity index is 788. The van der Waals surface area contributed by atoms with Crippen LogP contribution in [0.25, 0.3) is 10.8 Å². The second-order valence-corrected chi connectivity index (χ2v) is 7.91. The summed E-state index contributed by atoms with van der Waals surface area (Å²) in [6.45, 7) is 0. The molecule has 0 aliphatic heterocycles. The Morgan fingerprint density at radius 2 is 1.61 bits per heavy atom. The average Bonchev–Trinajstić information content (AvgIpc) is 2.50. The van der Waals surface area contributed by atoms with Crippen LogP contribution in [0.3, 0.4) is 0 Å². The summed E-state index contributed by atoms with van der Waals surface area (Å²) in [6.07, 6.45) is 3.28. The van der Waals surface area contributed by atoms with Crippen LogP contribution in [-0.4, -0.2) is 20.5 Å². The highest BCUT2D eigenvalue weighted by Crippen LogP contribution is 2.29. The quantitative estimate of drug-likeness (QED) is 0.863. The first-order chi connectivity index (χ1) is 10.5. The molecule has 1 fully saturated rings. The van der Waals surface area contributed by atoms with Crippen molar-refractivity contribution in [1.29, 1.82) is 0 Å². The van der Waals surface area contributed by atoms with E-state index in [2.05, 4.69) is 4.72 Å². The van der Waals surface area contributed by atoms with Crippen molar-refractivity contribution in [3.05, 3.63) is 41.4 Å². The molecule has 0 radical (unpaired) electrons. The topological polar surface area (TPSA) is 72.2 Å². The predicted octanol–water partition coefficient (Wildman–Crippen LogP) is 3.46. The second-order valence-electron chi connectivity index (χ2n) is 5.82. The van der Waals surface area contributed by atoms with E-state index in [0.29, 0.717) is 10.4 Å². The summed E-state index contributed by atoms with van der Waals surface area (Å²) in [7, 11) is -3.57. The summed E-state index contributed by atoms with van der Waals surface area (Å²) < 4.78 is 28.3. The maximum Gasteiger partial charge on any atom is 0.241 e. The molecule has 1 aliphatic rings. The predicted molar refractivity (Wildman–Crippen MR) is 96.8 cm³/mol. The van der Waals surface area contributed by atoms with Crippen LogP contribution in [0.4, 0.5) is 0 Å². The number of hydrogen-bond acceptors (Lipinski definition) is 3. The lowest BCUT2D eigenvalue weighted by Crippen LogP contribution is -2.40. The maximum atomic E-state index is 12.7. The minimum absolute atomic E-state index is 0. The SMILES string of the molecule is Cl.NC1CCC(NS(=O)(=O)c2ccc(Cl)c3ccccc23)CC1. The molecule has 23 heavy (non-hydrogen) atoms. The third-order valence-electron chi connectivity index (χ3n) is 4.21. The van der Waals surface area contributed by atoms with Crippen LogP contribution >= 0.6 is 24.0 Å². The van der Waals surface area contributed by atoms with Gasteiger partial charge in [-0.2, -0.15) is 0 Å². The van der Waals surface area contributed by atoms with Crippen LogP contribution in [0.5, 0.6) is 0 Å². The fraction of sp³-hybridized carbons (Fsp3) is 0.375. The zero-order valence-corrected chi connectivity index (χ0v) is 14.9. The van der Waals surface area contributed by atoms with Gasteiger partial charge in [0.15, 0.2) is 0 Å². The molecule has 7 heteroatoms. The first kappa shape index (κ1) is 18.5. The molecule has 3 N–H and O–H groups in total. The largest absolute Gasteiger partial charge is 0.328 e. The number of fused-ring (bicyclic) bond motifs is 1. The number of nitrogens with two attached hydrogens (primary N) is 1. The van der Waals surface area contributed by atoms with Crippen LogP contribution in [0.1, 0.15) is 25.7 Å². The Morgan fingerprint density at radius 3 is 2.26 bits per heavy atom. The molecule has 0 heterocycles. The lowest BCUT2D eigenvalue weighted by atomic mass is 9.93. The van der Waals surface area contributed by atoms with E-state index in [1.165, 1.54) is 0 Å². The monoisotopic (exact) mass is 374 g/mol. The minimum atomic E-state index is -3.57. The molecule has 0 amide bonds. The normalized spacial score (nSPS) is 21.8. The Morgan fingerprint density at radius 1 is 1.00 bits per heavy atom. The van der Waals surface area contributed by atoms with E-state index >= 15 is 0 Å². The zero-order valence-electron chi connectivity index (χ0n) is 12.5. The molecule has 0 aromatic heterocycles. The molecule has 0 saturated heterocycles. The summed E-state index contributed by atoms with van der Waals surface area (Å²) in [5.41, 5.74) is 5.87. The van der Waals surface area contributed by atoms with Crippen molar-refractivity contribution >= 4 is 44.8 Å². The van der Waals surface area contributed by atoms with Gasteiger partial charge >= 0.3 is 0 Å².